The number of fused-ring (bicyclic) bond motifs is 2. The van der Waals surface area contributed by atoms with Crippen LogP contribution in [-0.2, 0) is 21.4 Å². The Kier molecular flexibility index (Phi) is 2.51. The van der Waals surface area contributed by atoms with Gasteiger partial charge >= 0.3 is 0 Å². The molecule has 1 saturated heterocycles. The van der Waals surface area contributed by atoms with Crippen LogP contribution in [-0.4, -0.2) is 11.8 Å². The van der Waals surface area contributed by atoms with Crippen LogP contribution in [0.25, 0.3) is 0 Å². The highest BCUT2D eigenvalue weighted by atomic mass is 35.5. The van der Waals surface area contributed by atoms with Gasteiger partial charge in [0.2, 0.25) is 11.8 Å². The zero-order chi connectivity index (χ0) is 12.2. The highest BCUT2D eigenvalue weighted by Crippen LogP contribution is 2.51. The number of imide groups is 1. The van der Waals surface area contributed by atoms with Gasteiger partial charge in [-0.15, -0.1) is 11.3 Å². The first-order chi connectivity index (χ1) is 8.04. The Morgan fingerprint density at radius 3 is 2.71 bits per heavy atom. The molecule has 0 radical (unpaired) electrons. The number of amides is 2. The first-order valence-electron chi connectivity index (χ1n) is 5.36. The molecule has 1 fully saturated rings. The van der Waals surface area contributed by atoms with Crippen molar-refractivity contribution in [2.24, 2.45) is 0 Å². The van der Waals surface area contributed by atoms with Crippen LogP contribution in [0, 0.1) is 0 Å². The third kappa shape index (κ3) is 1.47. The molecule has 0 aromatic carbocycles. The molecule has 2 heterocycles. The molecule has 6 heteroatoms. The Morgan fingerprint density at radius 2 is 2.06 bits per heavy atom. The summed E-state index contributed by atoms with van der Waals surface area (Å²) in [7, 11) is 0. The summed E-state index contributed by atoms with van der Waals surface area (Å²) in [6.45, 7) is 0. The van der Waals surface area contributed by atoms with Gasteiger partial charge in [-0.25, -0.2) is 0 Å². The fraction of sp³-hybridized carbons (Fsp3) is 0.455. The molecule has 1 aliphatic carbocycles. The van der Waals surface area contributed by atoms with Crippen molar-refractivity contribution in [2.45, 2.75) is 31.1 Å². The third-order valence-electron chi connectivity index (χ3n) is 3.52. The van der Waals surface area contributed by atoms with Gasteiger partial charge in [0.15, 0.2) is 0 Å². The summed E-state index contributed by atoms with van der Waals surface area (Å²) in [6, 6.07) is 0. The zero-order valence-corrected chi connectivity index (χ0v) is 11.1. The van der Waals surface area contributed by atoms with E-state index in [-0.39, 0.29) is 18.2 Å². The van der Waals surface area contributed by atoms with Crippen molar-refractivity contribution in [2.75, 3.05) is 0 Å². The van der Waals surface area contributed by atoms with E-state index in [0.29, 0.717) is 15.8 Å². The van der Waals surface area contributed by atoms with E-state index in [1.54, 1.807) is 0 Å². The van der Waals surface area contributed by atoms with Gasteiger partial charge in [-0.05, 0) is 19.3 Å². The van der Waals surface area contributed by atoms with Crippen molar-refractivity contribution in [3.05, 3.63) is 19.8 Å². The van der Waals surface area contributed by atoms with Gasteiger partial charge in [0.1, 0.15) is 4.34 Å². The number of hydrogen-bond acceptors (Lipinski definition) is 3. The first kappa shape index (κ1) is 11.5. The van der Waals surface area contributed by atoms with E-state index in [1.807, 2.05) is 0 Å². The van der Waals surface area contributed by atoms with Gasteiger partial charge < -0.3 is 0 Å². The summed E-state index contributed by atoms with van der Waals surface area (Å²) < 4.78 is 0.519. The van der Waals surface area contributed by atoms with Gasteiger partial charge in [0.05, 0.1) is 10.4 Å². The van der Waals surface area contributed by atoms with E-state index in [2.05, 4.69) is 5.32 Å². The van der Waals surface area contributed by atoms with Crippen molar-refractivity contribution in [3.8, 4) is 0 Å². The molecule has 1 aliphatic heterocycles. The largest absolute Gasteiger partial charge is 0.296 e. The second-order valence-corrected chi connectivity index (χ2v) is 6.56. The number of thiophene rings is 1. The number of halogens is 2. The van der Waals surface area contributed by atoms with Crippen LogP contribution in [0.5, 0.6) is 0 Å². The average molecular weight is 290 g/mol. The van der Waals surface area contributed by atoms with Crippen LogP contribution in [0.4, 0.5) is 0 Å². The summed E-state index contributed by atoms with van der Waals surface area (Å²) in [4.78, 5) is 24.6. The lowest BCUT2D eigenvalue weighted by molar-refractivity contribution is -0.126. The molecule has 2 amide bonds. The lowest BCUT2D eigenvalue weighted by atomic mass is 9.71. The zero-order valence-electron chi connectivity index (χ0n) is 8.81. The standard InChI is InChI=1S/C11H9Cl2NO2S/c12-8-7-5(17-9(8)13)2-1-3-11(7)4-6(15)14-10(11)16/h1-4H2,(H,14,15,16). The molecule has 2 aliphatic rings. The fourth-order valence-corrected chi connectivity index (χ4v) is 4.70. The van der Waals surface area contributed by atoms with Gasteiger partial charge in [-0.1, -0.05) is 23.2 Å². The molecule has 1 unspecified atom stereocenters. The van der Waals surface area contributed by atoms with E-state index in [4.69, 9.17) is 23.2 Å². The topological polar surface area (TPSA) is 46.2 Å². The Labute approximate surface area is 112 Å². The molecule has 1 N–H and O–H groups in total. The van der Waals surface area contributed by atoms with Crippen LogP contribution in [0.2, 0.25) is 9.36 Å². The van der Waals surface area contributed by atoms with Crippen molar-refractivity contribution in [3.63, 3.8) is 0 Å². The lowest BCUT2D eigenvalue weighted by Crippen LogP contribution is -2.38. The summed E-state index contributed by atoms with van der Waals surface area (Å²) in [5, 5.41) is 2.83. The summed E-state index contributed by atoms with van der Waals surface area (Å²) in [5.41, 5.74) is 0.0366. The second kappa shape index (κ2) is 3.70. The van der Waals surface area contributed by atoms with Crippen LogP contribution >= 0.6 is 34.5 Å². The normalized spacial score (nSPS) is 27.4. The number of carbonyl (C=O) groups is 2. The minimum absolute atomic E-state index is 0.200. The van der Waals surface area contributed by atoms with E-state index < -0.39 is 5.41 Å². The van der Waals surface area contributed by atoms with Crippen molar-refractivity contribution < 1.29 is 9.59 Å². The molecule has 1 aromatic rings. The van der Waals surface area contributed by atoms with E-state index in [9.17, 15) is 9.59 Å². The predicted molar refractivity (Wildman–Crippen MR) is 66.7 cm³/mol. The van der Waals surface area contributed by atoms with Crippen molar-refractivity contribution >= 4 is 46.4 Å². The van der Waals surface area contributed by atoms with Crippen LogP contribution < -0.4 is 5.32 Å². The van der Waals surface area contributed by atoms with Crippen molar-refractivity contribution in [1.82, 2.24) is 5.32 Å². The molecule has 1 spiro atoms. The summed E-state index contributed by atoms with van der Waals surface area (Å²) in [5.74, 6) is -0.443. The second-order valence-electron chi connectivity index (χ2n) is 4.48. The monoisotopic (exact) mass is 289 g/mol. The van der Waals surface area contributed by atoms with E-state index in [0.717, 1.165) is 23.3 Å². The fourth-order valence-electron chi connectivity index (χ4n) is 2.80. The quantitative estimate of drug-likeness (QED) is 0.747. The smallest absolute Gasteiger partial charge is 0.237 e. The number of aryl methyl sites for hydroxylation is 1. The molecular weight excluding hydrogens is 281 g/mol. The molecule has 0 saturated carbocycles. The van der Waals surface area contributed by atoms with Gasteiger partial charge in [-0.3, -0.25) is 14.9 Å². The van der Waals surface area contributed by atoms with Gasteiger partial charge in [-0.2, -0.15) is 0 Å². The van der Waals surface area contributed by atoms with Crippen LogP contribution in [0.3, 0.4) is 0 Å². The van der Waals surface area contributed by atoms with Gasteiger partial charge in [0, 0.05) is 16.9 Å². The molecule has 3 rings (SSSR count). The Morgan fingerprint density at radius 1 is 1.29 bits per heavy atom. The number of hydrogen-bond donors (Lipinski definition) is 1. The minimum atomic E-state index is -0.759. The number of nitrogens with one attached hydrogen (secondary N) is 1. The average Bonchev–Trinajstić information content (AvgIpc) is 2.69. The predicted octanol–water partition coefficient (Wildman–Crippen LogP) is 2.68. The van der Waals surface area contributed by atoms with E-state index in [1.165, 1.54) is 11.3 Å². The summed E-state index contributed by atoms with van der Waals surface area (Å²) in [6.07, 6.45) is 2.65. The number of rotatable bonds is 0. The van der Waals surface area contributed by atoms with E-state index >= 15 is 0 Å². The molecule has 1 aromatic heterocycles. The maximum atomic E-state index is 12.1. The lowest BCUT2D eigenvalue weighted by Gasteiger charge is -2.30. The molecule has 17 heavy (non-hydrogen) atoms. The maximum absolute atomic E-state index is 12.1. The summed E-state index contributed by atoms with van der Waals surface area (Å²) >= 11 is 13.7. The highest BCUT2D eigenvalue weighted by molar-refractivity contribution is 7.17. The molecule has 3 nitrogen and oxygen atoms in total. The Bertz CT molecular complexity index is 540. The van der Waals surface area contributed by atoms with Crippen molar-refractivity contribution in [1.29, 1.82) is 0 Å². The minimum Gasteiger partial charge on any atom is -0.296 e. The maximum Gasteiger partial charge on any atom is 0.237 e. The molecule has 1 atom stereocenters. The Hall–Kier alpha value is -0.580. The highest BCUT2D eigenvalue weighted by Gasteiger charge is 2.52. The van der Waals surface area contributed by atoms with Gasteiger partial charge in [0.25, 0.3) is 0 Å². The first-order valence-corrected chi connectivity index (χ1v) is 6.93. The molecule has 90 valence electrons. The number of carbonyl (C=O) groups excluding carboxylic acids is 2. The molecular formula is C11H9Cl2NO2S. The third-order valence-corrected chi connectivity index (χ3v) is 5.56. The SMILES string of the molecule is O=C1CC2(CCCc3sc(Cl)c(Cl)c32)C(=O)N1. The molecule has 0 bridgehead atoms. The van der Waals surface area contributed by atoms with Crippen LogP contribution in [0.1, 0.15) is 29.7 Å². The Balaban J connectivity index is 2.23. The van der Waals surface area contributed by atoms with Crippen LogP contribution in [0.15, 0.2) is 0 Å².